The second-order valence-electron chi connectivity index (χ2n) is 7.10. The Labute approximate surface area is 176 Å². The molecule has 1 amide bonds. The Balaban J connectivity index is 1.29. The van der Waals surface area contributed by atoms with E-state index >= 15 is 0 Å². The van der Waals surface area contributed by atoms with Crippen molar-refractivity contribution in [1.82, 2.24) is 14.9 Å². The van der Waals surface area contributed by atoms with Crippen molar-refractivity contribution in [2.45, 2.75) is 6.54 Å². The molecule has 2 aromatic heterocycles. The van der Waals surface area contributed by atoms with Gasteiger partial charge in [-0.3, -0.25) is 9.48 Å². The Bertz CT molecular complexity index is 1370. The van der Waals surface area contributed by atoms with Gasteiger partial charge in [0.25, 0.3) is 5.91 Å². The fourth-order valence-electron chi connectivity index (χ4n) is 3.45. The molecule has 0 spiro atoms. The summed E-state index contributed by atoms with van der Waals surface area (Å²) in [4.78, 5) is 12.5. The molecule has 0 bridgehead atoms. The molecule has 0 atom stereocenters. The number of carbonyl (C=O) groups excluding carboxylic acids is 1. The molecule has 152 valence electrons. The molecule has 5 aromatic rings. The van der Waals surface area contributed by atoms with Crippen molar-refractivity contribution >= 4 is 22.4 Å². The van der Waals surface area contributed by atoms with E-state index < -0.39 is 5.91 Å². The number of anilines is 1. The van der Waals surface area contributed by atoms with Crippen LogP contribution in [0.5, 0.6) is 0 Å². The summed E-state index contributed by atoms with van der Waals surface area (Å²) in [6.45, 7) is 0.579. The maximum Gasteiger partial charge on any atom is 0.277 e. The van der Waals surface area contributed by atoms with Crippen molar-refractivity contribution in [2.75, 3.05) is 5.32 Å². The monoisotopic (exact) mass is 412 g/mol. The highest BCUT2D eigenvalue weighted by molar-refractivity contribution is 6.03. The standard InChI is InChI=1S/C24H17FN4O2/c25-19-10-8-17(9-11-19)23-12-22(28-31-23)24(30)27-20-13-26-29(15-20)14-18-6-3-5-16-4-1-2-7-21(16)18/h1-13,15H,14H2,(H,27,30). The van der Waals surface area contributed by atoms with E-state index in [4.69, 9.17) is 4.52 Å². The Morgan fingerprint density at radius 1 is 1.03 bits per heavy atom. The lowest BCUT2D eigenvalue weighted by atomic mass is 10.0. The quantitative estimate of drug-likeness (QED) is 0.434. The molecular formula is C24H17FN4O2. The van der Waals surface area contributed by atoms with E-state index in [1.165, 1.54) is 29.0 Å². The van der Waals surface area contributed by atoms with E-state index in [0.29, 0.717) is 23.6 Å². The fraction of sp³-hybridized carbons (Fsp3) is 0.0417. The number of amides is 1. The number of aromatic nitrogens is 3. The molecule has 1 N–H and O–H groups in total. The Morgan fingerprint density at radius 2 is 1.84 bits per heavy atom. The second kappa shape index (κ2) is 7.87. The third-order valence-corrected chi connectivity index (χ3v) is 4.97. The highest BCUT2D eigenvalue weighted by atomic mass is 19.1. The first-order valence-electron chi connectivity index (χ1n) is 9.69. The van der Waals surface area contributed by atoms with Crippen LogP contribution in [0.3, 0.4) is 0 Å². The van der Waals surface area contributed by atoms with Gasteiger partial charge in [0.2, 0.25) is 0 Å². The Morgan fingerprint density at radius 3 is 2.71 bits per heavy atom. The minimum Gasteiger partial charge on any atom is -0.355 e. The fourth-order valence-corrected chi connectivity index (χ4v) is 3.45. The van der Waals surface area contributed by atoms with Crippen molar-refractivity contribution in [2.24, 2.45) is 0 Å². The second-order valence-corrected chi connectivity index (χ2v) is 7.10. The summed E-state index contributed by atoms with van der Waals surface area (Å²) < 4.78 is 20.1. The summed E-state index contributed by atoms with van der Waals surface area (Å²) >= 11 is 0. The number of carbonyl (C=O) groups is 1. The molecule has 0 aliphatic rings. The van der Waals surface area contributed by atoms with Crippen molar-refractivity contribution in [3.05, 3.63) is 102 Å². The van der Waals surface area contributed by atoms with Crippen LogP contribution < -0.4 is 5.32 Å². The zero-order valence-electron chi connectivity index (χ0n) is 16.3. The molecule has 3 aromatic carbocycles. The summed E-state index contributed by atoms with van der Waals surface area (Å²) in [7, 11) is 0. The predicted molar refractivity (Wildman–Crippen MR) is 115 cm³/mol. The minimum absolute atomic E-state index is 0.126. The van der Waals surface area contributed by atoms with E-state index in [0.717, 1.165) is 5.56 Å². The lowest BCUT2D eigenvalue weighted by molar-refractivity contribution is 0.101. The number of hydrogen-bond donors (Lipinski definition) is 1. The van der Waals surface area contributed by atoms with Crippen LogP contribution in [0, 0.1) is 5.82 Å². The largest absolute Gasteiger partial charge is 0.355 e. The molecule has 6 nitrogen and oxygen atoms in total. The van der Waals surface area contributed by atoms with Gasteiger partial charge in [-0.15, -0.1) is 0 Å². The van der Waals surface area contributed by atoms with E-state index in [1.54, 1.807) is 29.2 Å². The van der Waals surface area contributed by atoms with E-state index in [2.05, 4.69) is 39.8 Å². The number of fused-ring (bicyclic) bond motifs is 1. The Hall–Kier alpha value is -4.26. The molecule has 31 heavy (non-hydrogen) atoms. The van der Waals surface area contributed by atoms with Crippen molar-refractivity contribution in [1.29, 1.82) is 0 Å². The van der Waals surface area contributed by atoms with Gasteiger partial charge in [0.05, 0.1) is 18.4 Å². The van der Waals surface area contributed by atoms with Crippen molar-refractivity contribution in [3.8, 4) is 11.3 Å². The number of nitrogens with zero attached hydrogens (tertiary/aromatic N) is 3. The number of benzene rings is 3. The van der Waals surface area contributed by atoms with Gasteiger partial charge >= 0.3 is 0 Å². The minimum atomic E-state index is -0.415. The zero-order chi connectivity index (χ0) is 21.2. The number of hydrogen-bond acceptors (Lipinski definition) is 4. The van der Waals surface area contributed by atoms with Crippen LogP contribution in [0.1, 0.15) is 16.1 Å². The van der Waals surface area contributed by atoms with Gasteiger partial charge in [-0.2, -0.15) is 5.10 Å². The molecule has 2 heterocycles. The van der Waals surface area contributed by atoms with Crippen LogP contribution in [0.4, 0.5) is 10.1 Å². The summed E-state index contributed by atoms with van der Waals surface area (Å²) in [5.74, 6) is -0.375. The lowest BCUT2D eigenvalue weighted by Crippen LogP contribution is -2.11. The first kappa shape index (κ1) is 18.7. The van der Waals surface area contributed by atoms with E-state index in [-0.39, 0.29) is 11.5 Å². The van der Waals surface area contributed by atoms with Gasteiger partial charge in [-0.05, 0) is 40.6 Å². The van der Waals surface area contributed by atoms with Crippen LogP contribution in [-0.4, -0.2) is 20.8 Å². The van der Waals surface area contributed by atoms with Gasteiger partial charge in [0.1, 0.15) is 5.82 Å². The van der Waals surface area contributed by atoms with E-state index in [1.807, 2.05) is 18.2 Å². The maximum absolute atomic E-state index is 13.1. The zero-order valence-corrected chi connectivity index (χ0v) is 16.3. The highest BCUT2D eigenvalue weighted by Crippen LogP contribution is 2.22. The smallest absolute Gasteiger partial charge is 0.277 e. The third-order valence-electron chi connectivity index (χ3n) is 4.97. The third kappa shape index (κ3) is 3.93. The highest BCUT2D eigenvalue weighted by Gasteiger charge is 2.15. The Kier molecular flexibility index (Phi) is 4.76. The van der Waals surface area contributed by atoms with Gasteiger partial charge in [0, 0.05) is 17.8 Å². The normalized spacial score (nSPS) is 11.0. The molecule has 7 heteroatoms. The molecule has 0 aliphatic carbocycles. The molecule has 0 unspecified atom stereocenters. The number of rotatable bonds is 5. The maximum atomic E-state index is 13.1. The van der Waals surface area contributed by atoms with Crippen LogP contribution in [-0.2, 0) is 6.54 Å². The van der Waals surface area contributed by atoms with Crippen LogP contribution in [0.15, 0.2) is 89.7 Å². The molecule has 0 fully saturated rings. The predicted octanol–water partition coefficient (Wildman–Crippen LogP) is 5.13. The van der Waals surface area contributed by atoms with E-state index in [9.17, 15) is 9.18 Å². The lowest BCUT2D eigenvalue weighted by Gasteiger charge is -2.06. The SMILES string of the molecule is O=C(Nc1cnn(Cc2cccc3ccccc23)c1)c1cc(-c2ccc(F)cc2)on1. The summed E-state index contributed by atoms with van der Waals surface area (Å²) in [5, 5.41) is 13.3. The molecule has 0 saturated heterocycles. The number of halogens is 1. The van der Waals surface area contributed by atoms with Gasteiger partial charge in [-0.25, -0.2) is 4.39 Å². The molecule has 0 aliphatic heterocycles. The summed E-state index contributed by atoms with van der Waals surface area (Å²) in [6.07, 6.45) is 3.35. The molecular weight excluding hydrogens is 395 g/mol. The average Bonchev–Trinajstić information content (AvgIpc) is 3.45. The average molecular weight is 412 g/mol. The molecule has 0 radical (unpaired) electrons. The first-order chi connectivity index (χ1) is 15.2. The van der Waals surface area contributed by atoms with Gasteiger partial charge in [-0.1, -0.05) is 47.6 Å². The summed E-state index contributed by atoms with van der Waals surface area (Å²) in [6, 6.07) is 21.6. The molecule has 0 saturated carbocycles. The first-order valence-corrected chi connectivity index (χ1v) is 9.69. The molecule has 5 rings (SSSR count). The summed E-state index contributed by atoms with van der Waals surface area (Å²) in [5.41, 5.74) is 2.45. The van der Waals surface area contributed by atoms with Crippen LogP contribution in [0.2, 0.25) is 0 Å². The van der Waals surface area contributed by atoms with Crippen molar-refractivity contribution in [3.63, 3.8) is 0 Å². The van der Waals surface area contributed by atoms with Crippen molar-refractivity contribution < 1.29 is 13.7 Å². The van der Waals surface area contributed by atoms with Gasteiger partial charge < -0.3 is 9.84 Å². The van der Waals surface area contributed by atoms with Crippen LogP contribution >= 0.6 is 0 Å². The topological polar surface area (TPSA) is 73.0 Å². The number of nitrogens with one attached hydrogen (secondary N) is 1. The van der Waals surface area contributed by atoms with Crippen LogP contribution in [0.25, 0.3) is 22.1 Å². The van der Waals surface area contributed by atoms with Gasteiger partial charge in [0.15, 0.2) is 11.5 Å².